The molecule has 0 spiro atoms. The highest BCUT2D eigenvalue weighted by Gasteiger charge is 2.31. The summed E-state index contributed by atoms with van der Waals surface area (Å²) in [5.41, 5.74) is 14.3. The number of methoxy groups -OCH3 is 4. The Morgan fingerprint density at radius 1 is 0.500 bits per heavy atom. The van der Waals surface area contributed by atoms with Crippen LogP contribution in [0.3, 0.4) is 0 Å². The summed E-state index contributed by atoms with van der Waals surface area (Å²) in [5, 5.41) is 0. The van der Waals surface area contributed by atoms with Crippen molar-refractivity contribution in [3.63, 3.8) is 0 Å². The number of rotatable bonds is 13. The van der Waals surface area contributed by atoms with E-state index in [9.17, 15) is 0 Å². The van der Waals surface area contributed by atoms with E-state index < -0.39 is 0 Å². The van der Waals surface area contributed by atoms with Gasteiger partial charge in [0.1, 0.15) is 11.5 Å². The summed E-state index contributed by atoms with van der Waals surface area (Å²) in [5.74, 6) is 1.69. The number of hydrogen-bond donors (Lipinski definition) is 0. The third-order valence-electron chi connectivity index (χ3n) is 9.20. The van der Waals surface area contributed by atoms with Crippen LogP contribution in [0.5, 0.6) is 11.5 Å². The Hall–Kier alpha value is -3.68. The highest BCUT2D eigenvalue weighted by atomic mass is 16.7. The predicted octanol–water partition coefficient (Wildman–Crippen LogP) is 8.70. The maximum absolute atomic E-state index is 6.68. The van der Waals surface area contributed by atoms with Crippen molar-refractivity contribution in [1.82, 2.24) is 0 Å². The molecule has 4 aromatic carbocycles. The number of fused-ring (bicyclic) bond motifs is 2. The number of hydrogen-bond acceptors (Lipinski definition) is 6. The molecule has 0 radical (unpaired) electrons. The zero-order valence-corrected chi connectivity index (χ0v) is 27.7. The van der Waals surface area contributed by atoms with Gasteiger partial charge < -0.3 is 28.4 Å². The predicted molar refractivity (Wildman–Crippen MR) is 182 cm³/mol. The topological polar surface area (TPSA) is 55.4 Å². The van der Waals surface area contributed by atoms with Gasteiger partial charge in [-0.2, -0.15) is 0 Å². The normalized spacial score (nSPS) is 14.1. The summed E-state index contributed by atoms with van der Waals surface area (Å²) in [7, 11) is 6.83. The first-order chi connectivity index (χ1) is 22.7. The van der Waals surface area contributed by atoms with E-state index in [2.05, 4.69) is 60.7 Å². The fourth-order valence-electron chi connectivity index (χ4n) is 7.25. The van der Waals surface area contributed by atoms with Gasteiger partial charge in [0, 0.05) is 50.7 Å². The van der Waals surface area contributed by atoms with Gasteiger partial charge in [0.15, 0.2) is 13.6 Å². The standard InChI is InChI=1S/C40H46O6/c1-41-23-27-11-9-15-29(19-27)35-21-31-13-5-7-17-33(31)37(39(35)45-25-43-3)38-34-18-8-6-14-32(34)22-36(40(38)46-26-44-4)30-16-10-12-28(20-30)24-42-2/h9-12,15-16,19-22H,5-8,13-14,17-18,23-26H2,1-4H3. The summed E-state index contributed by atoms with van der Waals surface area (Å²) in [6, 6.07) is 21.9. The quantitative estimate of drug-likeness (QED) is 0.139. The van der Waals surface area contributed by atoms with Gasteiger partial charge in [-0.1, -0.05) is 36.4 Å². The Labute approximate surface area is 273 Å². The SMILES string of the molecule is COCOc1c(-c2cccc(COC)c2)cc2c(c1-c1c3c(cc(-c4cccc(COC)c4)c1OCOC)CCCC3)CCCC2. The van der Waals surface area contributed by atoms with Crippen LogP contribution >= 0.6 is 0 Å². The van der Waals surface area contributed by atoms with E-state index in [4.69, 9.17) is 28.4 Å². The molecule has 4 aromatic rings. The van der Waals surface area contributed by atoms with Crippen LogP contribution in [0.4, 0.5) is 0 Å². The largest absolute Gasteiger partial charge is 0.466 e. The van der Waals surface area contributed by atoms with Crippen molar-refractivity contribution in [2.24, 2.45) is 0 Å². The molecule has 0 bridgehead atoms. The summed E-state index contributed by atoms with van der Waals surface area (Å²) in [4.78, 5) is 0. The molecule has 0 saturated carbocycles. The minimum absolute atomic E-state index is 0.145. The van der Waals surface area contributed by atoms with Gasteiger partial charge in [-0.15, -0.1) is 0 Å². The van der Waals surface area contributed by atoms with Crippen molar-refractivity contribution in [1.29, 1.82) is 0 Å². The van der Waals surface area contributed by atoms with E-state index in [0.717, 1.165) is 94.5 Å². The molecule has 0 aromatic heterocycles. The number of aryl methyl sites for hydroxylation is 2. The molecule has 6 rings (SSSR count). The lowest BCUT2D eigenvalue weighted by molar-refractivity contribution is 0.0504. The third-order valence-corrected chi connectivity index (χ3v) is 9.20. The fourth-order valence-corrected chi connectivity index (χ4v) is 7.25. The van der Waals surface area contributed by atoms with Crippen LogP contribution in [0.2, 0.25) is 0 Å². The molecule has 2 aliphatic carbocycles. The second kappa shape index (κ2) is 15.3. The van der Waals surface area contributed by atoms with Crippen LogP contribution in [0.1, 0.15) is 59.1 Å². The summed E-state index contributed by atoms with van der Waals surface area (Å²) < 4.78 is 35.5. The van der Waals surface area contributed by atoms with Crippen LogP contribution in [-0.2, 0) is 57.8 Å². The van der Waals surface area contributed by atoms with Gasteiger partial charge in [0.25, 0.3) is 0 Å². The van der Waals surface area contributed by atoms with Crippen LogP contribution in [0, 0.1) is 0 Å². The van der Waals surface area contributed by atoms with Crippen LogP contribution in [0.25, 0.3) is 33.4 Å². The highest BCUT2D eigenvalue weighted by molar-refractivity contribution is 5.94. The zero-order chi connectivity index (χ0) is 31.9. The van der Waals surface area contributed by atoms with Crippen molar-refractivity contribution in [2.45, 2.75) is 64.6 Å². The van der Waals surface area contributed by atoms with Crippen LogP contribution in [-0.4, -0.2) is 42.0 Å². The first-order valence-electron chi connectivity index (χ1n) is 16.4. The summed E-state index contributed by atoms with van der Waals surface area (Å²) in [6.45, 7) is 1.39. The van der Waals surface area contributed by atoms with Crippen molar-refractivity contribution >= 4 is 0 Å². The van der Waals surface area contributed by atoms with E-state index >= 15 is 0 Å². The molecule has 0 atom stereocenters. The first-order valence-corrected chi connectivity index (χ1v) is 16.4. The molecule has 0 fully saturated rings. The third kappa shape index (κ3) is 6.72. The summed E-state index contributed by atoms with van der Waals surface area (Å²) >= 11 is 0. The van der Waals surface area contributed by atoms with Crippen molar-refractivity contribution in [2.75, 3.05) is 42.0 Å². The van der Waals surface area contributed by atoms with Crippen molar-refractivity contribution < 1.29 is 28.4 Å². The average molecular weight is 623 g/mol. The van der Waals surface area contributed by atoms with Gasteiger partial charge in [-0.3, -0.25) is 0 Å². The number of benzene rings is 4. The van der Waals surface area contributed by atoms with E-state index in [-0.39, 0.29) is 13.6 Å². The summed E-state index contributed by atoms with van der Waals surface area (Å²) in [6.07, 6.45) is 8.67. The van der Waals surface area contributed by atoms with Crippen molar-refractivity contribution in [3.8, 4) is 44.9 Å². The molecule has 242 valence electrons. The smallest absolute Gasteiger partial charge is 0.188 e. The van der Waals surface area contributed by atoms with Gasteiger partial charge >= 0.3 is 0 Å². The number of ether oxygens (including phenoxy) is 6. The Bertz CT molecular complexity index is 1540. The zero-order valence-electron chi connectivity index (χ0n) is 27.7. The molecular weight excluding hydrogens is 576 g/mol. The maximum Gasteiger partial charge on any atom is 0.188 e. The molecule has 0 amide bonds. The van der Waals surface area contributed by atoms with Crippen LogP contribution < -0.4 is 9.47 Å². The Morgan fingerprint density at radius 2 is 0.935 bits per heavy atom. The molecule has 0 N–H and O–H groups in total. The minimum Gasteiger partial charge on any atom is -0.466 e. The Balaban J connectivity index is 1.71. The van der Waals surface area contributed by atoms with Crippen LogP contribution in [0.15, 0.2) is 60.7 Å². The molecule has 0 heterocycles. The molecule has 2 aliphatic rings. The van der Waals surface area contributed by atoms with Gasteiger partial charge in [-0.05, 0) is 120 Å². The van der Waals surface area contributed by atoms with E-state index in [1.165, 1.54) is 35.1 Å². The van der Waals surface area contributed by atoms with Gasteiger partial charge in [0.2, 0.25) is 0 Å². The van der Waals surface area contributed by atoms with E-state index in [1.54, 1.807) is 28.4 Å². The monoisotopic (exact) mass is 622 g/mol. The maximum atomic E-state index is 6.68. The van der Waals surface area contributed by atoms with Gasteiger partial charge in [-0.25, -0.2) is 0 Å². The van der Waals surface area contributed by atoms with E-state index in [1.807, 2.05) is 0 Å². The van der Waals surface area contributed by atoms with E-state index in [0.29, 0.717) is 13.2 Å². The molecule has 46 heavy (non-hydrogen) atoms. The molecule has 0 saturated heterocycles. The lowest BCUT2D eigenvalue weighted by Gasteiger charge is -2.30. The molecule has 0 aliphatic heterocycles. The second-order valence-corrected chi connectivity index (χ2v) is 12.3. The Morgan fingerprint density at radius 3 is 1.35 bits per heavy atom. The molecule has 0 unspecified atom stereocenters. The highest BCUT2D eigenvalue weighted by Crippen LogP contribution is 2.53. The minimum atomic E-state index is 0.145. The second-order valence-electron chi connectivity index (χ2n) is 12.3. The molecule has 6 nitrogen and oxygen atoms in total. The fraction of sp³-hybridized carbons (Fsp3) is 0.400. The lowest BCUT2D eigenvalue weighted by atomic mass is 9.77. The first kappa shape index (κ1) is 32.3. The molecular formula is C40H46O6. The van der Waals surface area contributed by atoms with Crippen molar-refractivity contribution in [3.05, 3.63) is 94.0 Å². The average Bonchev–Trinajstić information content (AvgIpc) is 3.09. The Kier molecular flexibility index (Phi) is 10.7. The lowest BCUT2D eigenvalue weighted by Crippen LogP contribution is -2.14. The van der Waals surface area contributed by atoms with Gasteiger partial charge in [0.05, 0.1) is 13.2 Å². The molecule has 6 heteroatoms.